The molecule has 20 heavy (non-hydrogen) atoms. The fourth-order valence-electron chi connectivity index (χ4n) is 2.86. The number of carbonyl (C=O) groups is 1. The summed E-state index contributed by atoms with van der Waals surface area (Å²) < 4.78 is 28.0. The Morgan fingerprint density at radius 3 is 2.30 bits per heavy atom. The monoisotopic (exact) mass is 306 g/mol. The molecule has 1 saturated carbocycles. The Bertz CT molecular complexity index is 418. The van der Waals surface area contributed by atoms with Crippen LogP contribution in [0.3, 0.4) is 0 Å². The molecule has 0 spiro atoms. The van der Waals surface area contributed by atoms with E-state index in [1.165, 1.54) is 8.61 Å². The molecular weight excluding hydrogens is 280 g/mol. The molecule has 118 valence electrons. The van der Waals surface area contributed by atoms with Gasteiger partial charge in [0.2, 0.25) is 0 Å². The molecule has 1 rings (SSSR count). The molecule has 0 radical (unpaired) electrons. The van der Waals surface area contributed by atoms with Gasteiger partial charge in [-0.2, -0.15) is 17.0 Å². The number of nitrogens with zero attached hydrogens (tertiary/aromatic N) is 2. The molecule has 0 aromatic heterocycles. The third kappa shape index (κ3) is 4.17. The summed E-state index contributed by atoms with van der Waals surface area (Å²) in [5, 5.41) is 8.85. The van der Waals surface area contributed by atoms with Crippen molar-refractivity contribution in [3.8, 4) is 0 Å². The van der Waals surface area contributed by atoms with E-state index >= 15 is 0 Å². The number of carboxylic acids is 1. The molecule has 0 bridgehead atoms. The quantitative estimate of drug-likeness (QED) is 0.776. The lowest BCUT2D eigenvalue weighted by Crippen LogP contribution is -2.50. The minimum Gasteiger partial charge on any atom is -0.481 e. The van der Waals surface area contributed by atoms with E-state index in [9.17, 15) is 13.2 Å². The maximum atomic E-state index is 12.6. The fourth-order valence-corrected chi connectivity index (χ4v) is 4.63. The molecule has 1 aliphatic carbocycles. The van der Waals surface area contributed by atoms with E-state index in [4.69, 9.17) is 5.11 Å². The van der Waals surface area contributed by atoms with Crippen molar-refractivity contribution in [1.29, 1.82) is 0 Å². The molecule has 6 nitrogen and oxygen atoms in total. The highest BCUT2D eigenvalue weighted by molar-refractivity contribution is 7.86. The highest BCUT2D eigenvalue weighted by atomic mass is 32.2. The van der Waals surface area contributed by atoms with Crippen LogP contribution < -0.4 is 0 Å². The Kier molecular flexibility index (Phi) is 6.42. The SMILES string of the molecule is CCN(C(C)CC(=O)O)S(=O)(=O)N(C)C1CCCCC1. The minimum atomic E-state index is -3.59. The average molecular weight is 306 g/mol. The molecule has 7 heteroatoms. The van der Waals surface area contributed by atoms with Crippen LogP contribution in [0.2, 0.25) is 0 Å². The zero-order valence-electron chi connectivity index (χ0n) is 12.6. The maximum Gasteiger partial charge on any atom is 0.304 e. The van der Waals surface area contributed by atoms with E-state index in [0.29, 0.717) is 0 Å². The molecule has 1 unspecified atom stereocenters. The second-order valence-electron chi connectivity index (χ2n) is 5.47. The Morgan fingerprint density at radius 2 is 1.85 bits per heavy atom. The van der Waals surface area contributed by atoms with E-state index in [1.54, 1.807) is 20.9 Å². The molecule has 1 aliphatic rings. The summed E-state index contributed by atoms with van der Waals surface area (Å²) in [6.07, 6.45) is 4.88. The lowest BCUT2D eigenvalue weighted by Gasteiger charge is -2.36. The molecule has 0 heterocycles. The highest BCUT2D eigenvalue weighted by Gasteiger charge is 2.34. The largest absolute Gasteiger partial charge is 0.481 e. The lowest BCUT2D eigenvalue weighted by atomic mass is 9.96. The van der Waals surface area contributed by atoms with E-state index in [0.717, 1.165) is 32.1 Å². The first-order valence-corrected chi connectivity index (χ1v) is 8.67. The number of aliphatic carboxylic acids is 1. The predicted molar refractivity (Wildman–Crippen MR) is 77.7 cm³/mol. The Hall–Kier alpha value is -0.660. The first-order chi connectivity index (χ1) is 9.30. The predicted octanol–water partition coefficient (Wildman–Crippen LogP) is 1.68. The average Bonchev–Trinajstić information content (AvgIpc) is 2.38. The van der Waals surface area contributed by atoms with Gasteiger partial charge in [0.25, 0.3) is 10.2 Å². The van der Waals surface area contributed by atoms with Gasteiger partial charge in [0.05, 0.1) is 6.42 Å². The standard InChI is InChI=1S/C13H26N2O4S/c1-4-15(11(2)10-13(16)17)20(18,19)14(3)12-8-6-5-7-9-12/h11-12H,4-10H2,1-3H3,(H,16,17). The van der Waals surface area contributed by atoms with E-state index in [2.05, 4.69) is 0 Å². The summed E-state index contributed by atoms with van der Waals surface area (Å²) in [4.78, 5) is 10.8. The first kappa shape index (κ1) is 17.4. The van der Waals surface area contributed by atoms with Crippen LogP contribution in [0.1, 0.15) is 52.4 Å². The van der Waals surface area contributed by atoms with Crippen LogP contribution >= 0.6 is 0 Å². The van der Waals surface area contributed by atoms with Crippen molar-refractivity contribution in [2.75, 3.05) is 13.6 Å². The smallest absolute Gasteiger partial charge is 0.304 e. The molecule has 1 atom stereocenters. The molecule has 0 aromatic rings. The van der Waals surface area contributed by atoms with Crippen LogP contribution in [-0.2, 0) is 15.0 Å². The van der Waals surface area contributed by atoms with Gasteiger partial charge < -0.3 is 5.11 Å². The molecule has 0 aromatic carbocycles. The van der Waals surface area contributed by atoms with Crippen molar-refractivity contribution >= 4 is 16.2 Å². The van der Waals surface area contributed by atoms with Crippen LogP contribution in [0.15, 0.2) is 0 Å². The van der Waals surface area contributed by atoms with Gasteiger partial charge in [-0.3, -0.25) is 4.79 Å². The Labute approximate surface area is 121 Å². The second-order valence-corrected chi connectivity index (χ2v) is 7.41. The van der Waals surface area contributed by atoms with Crippen LogP contribution in [0.5, 0.6) is 0 Å². The number of hydrogen-bond donors (Lipinski definition) is 1. The lowest BCUT2D eigenvalue weighted by molar-refractivity contribution is -0.137. The topological polar surface area (TPSA) is 77.9 Å². The zero-order valence-corrected chi connectivity index (χ0v) is 13.4. The molecule has 0 amide bonds. The van der Waals surface area contributed by atoms with Crippen LogP contribution in [0.25, 0.3) is 0 Å². The minimum absolute atomic E-state index is 0.0415. The molecule has 1 N–H and O–H groups in total. The first-order valence-electron chi connectivity index (χ1n) is 7.27. The Balaban J connectivity index is 2.84. The van der Waals surface area contributed by atoms with Gasteiger partial charge in [-0.25, -0.2) is 0 Å². The van der Waals surface area contributed by atoms with Crippen molar-refractivity contribution in [3.05, 3.63) is 0 Å². The summed E-state index contributed by atoms with van der Waals surface area (Å²) in [6.45, 7) is 3.67. The number of carboxylic acid groups (broad SMARTS) is 1. The van der Waals surface area contributed by atoms with Crippen molar-refractivity contribution in [2.24, 2.45) is 0 Å². The molecule has 0 aliphatic heterocycles. The number of rotatable bonds is 7. The van der Waals surface area contributed by atoms with Gasteiger partial charge in [-0.05, 0) is 19.8 Å². The van der Waals surface area contributed by atoms with Crippen molar-refractivity contribution in [3.63, 3.8) is 0 Å². The summed E-state index contributed by atoms with van der Waals surface area (Å²) in [5.41, 5.74) is 0. The van der Waals surface area contributed by atoms with Gasteiger partial charge >= 0.3 is 5.97 Å². The van der Waals surface area contributed by atoms with Gasteiger partial charge in [0.1, 0.15) is 0 Å². The van der Waals surface area contributed by atoms with Gasteiger partial charge in [-0.1, -0.05) is 26.2 Å². The summed E-state index contributed by atoms with van der Waals surface area (Å²) in [7, 11) is -1.98. The Morgan fingerprint density at radius 1 is 1.30 bits per heavy atom. The molecular formula is C13H26N2O4S. The summed E-state index contributed by atoms with van der Waals surface area (Å²) in [5.74, 6) is -0.980. The van der Waals surface area contributed by atoms with E-state index in [-0.39, 0.29) is 19.0 Å². The molecule has 1 fully saturated rings. The molecule has 0 saturated heterocycles. The second kappa shape index (κ2) is 7.38. The van der Waals surface area contributed by atoms with Crippen LogP contribution in [-0.4, -0.2) is 53.8 Å². The maximum absolute atomic E-state index is 12.6. The van der Waals surface area contributed by atoms with Gasteiger partial charge in [0, 0.05) is 25.7 Å². The third-order valence-electron chi connectivity index (χ3n) is 4.02. The third-order valence-corrected chi connectivity index (χ3v) is 6.26. The van der Waals surface area contributed by atoms with Crippen LogP contribution in [0.4, 0.5) is 0 Å². The summed E-state index contributed by atoms with van der Waals surface area (Å²) >= 11 is 0. The zero-order chi connectivity index (χ0) is 15.3. The number of hydrogen-bond acceptors (Lipinski definition) is 3. The van der Waals surface area contributed by atoms with Gasteiger partial charge in [0.15, 0.2) is 0 Å². The normalized spacial score (nSPS) is 19.4. The van der Waals surface area contributed by atoms with Crippen molar-refractivity contribution < 1.29 is 18.3 Å². The highest BCUT2D eigenvalue weighted by Crippen LogP contribution is 2.25. The summed E-state index contributed by atoms with van der Waals surface area (Å²) in [6, 6.07) is -0.492. The van der Waals surface area contributed by atoms with E-state index < -0.39 is 22.2 Å². The van der Waals surface area contributed by atoms with Crippen LogP contribution in [0, 0.1) is 0 Å². The van der Waals surface area contributed by atoms with Crippen molar-refractivity contribution in [2.45, 2.75) is 64.5 Å². The fraction of sp³-hybridized carbons (Fsp3) is 0.923. The van der Waals surface area contributed by atoms with Gasteiger partial charge in [-0.15, -0.1) is 0 Å². The van der Waals surface area contributed by atoms with E-state index in [1.807, 2.05) is 0 Å². The van der Waals surface area contributed by atoms with Crippen molar-refractivity contribution in [1.82, 2.24) is 8.61 Å².